The molecule has 18 heavy (non-hydrogen) atoms. The second-order valence-electron chi connectivity index (χ2n) is 5.56. The molecule has 1 aromatic carbocycles. The molecule has 0 aromatic heterocycles. The molecule has 2 rings (SSSR count). The molecule has 0 atom stereocenters. The van der Waals surface area contributed by atoms with Crippen LogP contribution in [0.1, 0.15) is 37.7 Å². The second-order valence-corrected chi connectivity index (χ2v) is 5.56. The van der Waals surface area contributed by atoms with Crippen LogP contribution < -0.4 is 5.32 Å². The van der Waals surface area contributed by atoms with Crippen molar-refractivity contribution in [1.82, 2.24) is 0 Å². The topological polar surface area (TPSA) is 32.3 Å². The molecular weight excluding hydrogens is 229 g/mol. The molecule has 100 valence electrons. The monoisotopic (exact) mass is 251 g/mol. The van der Waals surface area contributed by atoms with Crippen LogP contribution in [0.4, 0.5) is 10.1 Å². The molecule has 0 amide bonds. The first kappa shape index (κ1) is 13.3. The van der Waals surface area contributed by atoms with E-state index in [4.69, 9.17) is 0 Å². The van der Waals surface area contributed by atoms with Crippen LogP contribution in [0.5, 0.6) is 0 Å². The van der Waals surface area contributed by atoms with Gasteiger partial charge in [-0.15, -0.1) is 0 Å². The number of hydrogen-bond donors (Lipinski definition) is 2. The lowest BCUT2D eigenvalue weighted by molar-refractivity contribution is 0.0943. The van der Waals surface area contributed by atoms with Crippen molar-refractivity contribution in [1.29, 1.82) is 0 Å². The van der Waals surface area contributed by atoms with Crippen molar-refractivity contribution in [2.45, 2.75) is 39.0 Å². The maximum Gasteiger partial charge on any atom is 0.146 e. The summed E-state index contributed by atoms with van der Waals surface area (Å²) in [7, 11) is 0. The van der Waals surface area contributed by atoms with Gasteiger partial charge in [-0.25, -0.2) is 4.39 Å². The van der Waals surface area contributed by atoms with E-state index in [1.165, 1.54) is 25.3 Å². The van der Waals surface area contributed by atoms with Crippen molar-refractivity contribution in [3.63, 3.8) is 0 Å². The van der Waals surface area contributed by atoms with E-state index in [0.717, 1.165) is 18.4 Å². The highest BCUT2D eigenvalue weighted by Gasteiger charge is 2.31. The Hall–Kier alpha value is -1.09. The molecule has 0 saturated heterocycles. The zero-order valence-corrected chi connectivity index (χ0v) is 11.0. The first-order valence-corrected chi connectivity index (χ1v) is 6.76. The fourth-order valence-electron chi connectivity index (χ4n) is 2.74. The number of hydrogen-bond acceptors (Lipinski definition) is 2. The summed E-state index contributed by atoms with van der Waals surface area (Å²) in [5, 5.41) is 12.8. The highest BCUT2D eigenvalue weighted by atomic mass is 19.1. The van der Waals surface area contributed by atoms with Crippen molar-refractivity contribution in [3.05, 3.63) is 29.6 Å². The molecule has 2 nitrogen and oxygen atoms in total. The Bertz CT molecular complexity index is 399. The van der Waals surface area contributed by atoms with Crippen molar-refractivity contribution in [2.75, 3.05) is 18.5 Å². The standard InChI is InChI=1S/C15H22FNO/c1-12-5-6-14(13(16)9-12)17-10-15(11-18)7-3-2-4-8-15/h5-6,9,17-18H,2-4,7-8,10-11H2,1H3. The SMILES string of the molecule is Cc1ccc(NCC2(CO)CCCCC2)c(F)c1. The molecule has 1 aromatic rings. The largest absolute Gasteiger partial charge is 0.396 e. The lowest BCUT2D eigenvalue weighted by atomic mass is 9.74. The fraction of sp³-hybridized carbons (Fsp3) is 0.600. The van der Waals surface area contributed by atoms with Gasteiger partial charge < -0.3 is 10.4 Å². The van der Waals surface area contributed by atoms with Gasteiger partial charge in [-0.05, 0) is 37.5 Å². The van der Waals surface area contributed by atoms with Crippen LogP contribution in [0, 0.1) is 18.2 Å². The van der Waals surface area contributed by atoms with Gasteiger partial charge in [0.05, 0.1) is 12.3 Å². The average Bonchev–Trinajstić information content (AvgIpc) is 2.39. The number of aliphatic hydroxyl groups excluding tert-OH is 1. The van der Waals surface area contributed by atoms with Gasteiger partial charge in [0.2, 0.25) is 0 Å². The number of halogens is 1. The number of aliphatic hydroxyl groups is 1. The lowest BCUT2D eigenvalue weighted by Crippen LogP contribution is -2.35. The second kappa shape index (κ2) is 5.70. The van der Waals surface area contributed by atoms with E-state index >= 15 is 0 Å². The predicted molar refractivity (Wildman–Crippen MR) is 72.2 cm³/mol. The van der Waals surface area contributed by atoms with Crippen molar-refractivity contribution in [2.24, 2.45) is 5.41 Å². The maximum absolute atomic E-state index is 13.7. The van der Waals surface area contributed by atoms with Crippen molar-refractivity contribution in [3.8, 4) is 0 Å². The molecule has 1 fully saturated rings. The number of anilines is 1. The summed E-state index contributed by atoms with van der Waals surface area (Å²) in [4.78, 5) is 0. The summed E-state index contributed by atoms with van der Waals surface area (Å²) in [5.41, 5.74) is 1.40. The zero-order chi connectivity index (χ0) is 13.0. The Morgan fingerprint density at radius 3 is 2.61 bits per heavy atom. The van der Waals surface area contributed by atoms with Crippen LogP contribution in [-0.2, 0) is 0 Å². The highest BCUT2D eigenvalue weighted by molar-refractivity contribution is 5.46. The van der Waals surface area contributed by atoms with Crippen LogP contribution >= 0.6 is 0 Å². The van der Waals surface area contributed by atoms with Crippen molar-refractivity contribution >= 4 is 5.69 Å². The van der Waals surface area contributed by atoms with Crippen LogP contribution in [0.2, 0.25) is 0 Å². The Labute approximate surface area is 108 Å². The molecule has 0 heterocycles. The van der Waals surface area contributed by atoms with E-state index in [1.807, 2.05) is 13.0 Å². The van der Waals surface area contributed by atoms with Crippen LogP contribution in [0.25, 0.3) is 0 Å². The Morgan fingerprint density at radius 1 is 1.28 bits per heavy atom. The smallest absolute Gasteiger partial charge is 0.146 e. The molecule has 0 spiro atoms. The summed E-state index contributed by atoms with van der Waals surface area (Å²) in [6.07, 6.45) is 5.64. The summed E-state index contributed by atoms with van der Waals surface area (Å²) in [5.74, 6) is -0.209. The maximum atomic E-state index is 13.7. The summed E-state index contributed by atoms with van der Waals surface area (Å²) in [6, 6.07) is 5.21. The summed E-state index contributed by atoms with van der Waals surface area (Å²) < 4.78 is 13.7. The molecular formula is C15H22FNO. The molecule has 0 bridgehead atoms. The highest BCUT2D eigenvalue weighted by Crippen LogP contribution is 2.36. The van der Waals surface area contributed by atoms with Gasteiger partial charge in [0.25, 0.3) is 0 Å². The number of nitrogens with one attached hydrogen (secondary N) is 1. The minimum Gasteiger partial charge on any atom is -0.396 e. The number of benzene rings is 1. The van der Waals surface area contributed by atoms with E-state index in [-0.39, 0.29) is 17.8 Å². The summed E-state index contributed by atoms with van der Waals surface area (Å²) in [6.45, 7) is 2.72. The van der Waals surface area contributed by atoms with Gasteiger partial charge in [-0.1, -0.05) is 25.3 Å². The van der Waals surface area contributed by atoms with Gasteiger partial charge >= 0.3 is 0 Å². The number of aryl methyl sites for hydroxylation is 1. The molecule has 1 aliphatic carbocycles. The van der Waals surface area contributed by atoms with Gasteiger partial charge in [0.1, 0.15) is 5.82 Å². The molecule has 0 unspecified atom stereocenters. The normalized spacial score (nSPS) is 18.6. The third kappa shape index (κ3) is 3.02. The summed E-state index contributed by atoms with van der Waals surface area (Å²) >= 11 is 0. The van der Waals surface area contributed by atoms with Gasteiger partial charge in [0.15, 0.2) is 0 Å². The van der Waals surface area contributed by atoms with Gasteiger partial charge in [0, 0.05) is 12.0 Å². The van der Waals surface area contributed by atoms with E-state index in [0.29, 0.717) is 12.2 Å². The molecule has 3 heteroatoms. The Morgan fingerprint density at radius 2 is 2.00 bits per heavy atom. The molecule has 0 radical (unpaired) electrons. The molecule has 0 aliphatic heterocycles. The lowest BCUT2D eigenvalue weighted by Gasteiger charge is -2.36. The van der Waals surface area contributed by atoms with E-state index in [9.17, 15) is 9.50 Å². The average molecular weight is 251 g/mol. The fourth-order valence-corrected chi connectivity index (χ4v) is 2.74. The molecule has 1 aliphatic rings. The minimum absolute atomic E-state index is 0.0599. The van der Waals surface area contributed by atoms with Crippen LogP contribution in [0.15, 0.2) is 18.2 Å². The van der Waals surface area contributed by atoms with Crippen molar-refractivity contribution < 1.29 is 9.50 Å². The molecule has 1 saturated carbocycles. The van der Waals surface area contributed by atoms with E-state index in [2.05, 4.69) is 5.32 Å². The first-order chi connectivity index (χ1) is 8.65. The minimum atomic E-state index is -0.209. The van der Waals surface area contributed by atoms with Gasteiger partial charge in [-0.2, -0.15) is 0 Å². The van der Waals surface area contributed by atoms with Crippen LogP contribution in [0.3, 0.4) is 0 Å². The first-order valence-electron chi connectivity index (χ1n) is 6.76. The van der Waals surface area contributed by atoms with Gasteiger partial charge in [-0.3, -0.25) is 0 Å². The number of rotatable bonds is 4. The van der Waals surface area contributed by atoms with Crippen LogP contribution in [-0.4, -0.2) is 18.3 Å². The Balaban J connectivity index is 2.01. The third-order valence-electron chi connectivity index (χ3n) is 4.03. The molecule has 2 N–H and O–H groups in total. The van der Waals surface area contributed by atoms with E-state index in [1.54, 1.807) is 6.07 Å². The zero-order valence-electron chi connectivity index (χ0n) is 11.0. The van der Waals surface area contributed by atoms with E-state index < -0.39 is 0 Å². The predicted octanol–water partition coefficient (Wildman–Crippen LogP) is 3.49. The Kier molecular flexibility index (Phi) is 4.23. The quantitative estimate of drug-likeness (QED) is 0.858. The third-order valence-corrected chi connectivity index (χ3v) is 4.03.